The van der Waals surface area contributed by atoms with Gasteiger partial charge in [0, 0.05) is 0 Å². The highest BCUT2D eigenvalue weighted by Gasteiger charge is 2.42. The molecule has 1 aromatic carbocycles. The fourth-order valence-electron chi connectivity index (χ4n) is 1.64. The van der Waals surface area contributed by atoms with Crippen molar-refractivity contribution in [3.8, 4) is 0 Å². The van der Waals surface area contributed by atoms with Gasteiger partial charge in [-0.25, -0.2) is 4.79 Å². The Balaban J connectivity index is 2.75. The fraction of sp³-hybridized carbons (Fsp3) is 0.429. The predicted octanol–water partition coefficient (Wildman–Crippen LogP) is 1.50. The molecule has 0 heterocycles. The largest absolute Gasteiger partial charge is 0.464 e. The summed E-state index contributed by atoms with van der Waals surface area (Å²) in [5.41, 5.74) is -1.08. The maximum Gasteiger partial charge on any atom is 0.345 e. The summed E-state index contributed by atoms with van der Waals surface area (Å²) in [6.07, 6.45) is 0.473. The third-order valence-corrected chi connectivity index (χ3v) is 2.81. The van der Waals surface area contributed by atoms with E-state index in [0.29, 0.717) is 6.42 Å². The molecule has 0 spiro atoms. The molecule has 4 nitrogen and oxygen atoms in total. The number of hydrogen-bond donors (Lipinski definition) is 1. The Bertz CT molecular complexity index is 413. The van der Waals surface area contributed by atoms with Gasteiger partial charge >= 0.3 is 5.97 Å². The molecular weight excluding hydrogens is 232 g/mol. The lowest BCUT2D eigenvalue weighted by molar-refractivity contribution is -0.170. The van der Waals surface area contributed by atoms with Gasteiger partial charge in [-0.05, 0) is 32.3 Å². The SMILES string of the molecule is CCOC(=O)C(O)(CCc1ccccc1)C(C)=O. The van der Waals surface area contributed by atoms with Crippen molar-refractivity contribution in [2.75, 3.05) is 6.61 Å². The highest BCUT2D eigenvalue weighted by Crippen LogP contribution is 2.18. The molecule has 1 atom stereocenters. The number of carbonyl (C=O) groups is 2. The quantitative estimate of drug-likeness (QED) is 0.614. The number of benzene rings is 1. The lowest BCUT2D eigenvalue weighted by atomic mass is 9.91. The third-order valence-electron chi connectivity index (χ3n) is 2.81. The van der Waals surface area contributed by atoms with E-state index in [-0.39, 0.29) is 13.0 Å². The van der Waals surface area contributed by atoms with Crippen LogP contribution in [0.25, 0.3) is 0 Å². The molecule has 0 fully saturated rings. The van der Waals surface area contributed by atoms with E-state index >= 15 is 0 Å². The summed E-state index contributed by atoms with van der Waals surface area (Å²) in [6.45, 7) is 2.97. The van der Waals surface area contributed by atoms with Crippen LogP contribution in [0.15, 0.2) is 30.3 Å². The summed E-state index contributed by atoms with van der Waals surface area (Å²) in [5.74, 6) is -1.45. The number of carbonyl (C=O) groups excluding carboxylic acids is 2. The molecule has 0 saturated heterocycles. The topological polar surface area (TPSA) is 63.6 Å². The molecule has 0 bridgehead atoms. The van der Waals surface area contributed by atoms with Crippen LogP contribution >= 0.6 is 0 Å². The van der Waals surface area contributed by atoms with Crippen LogP contribution in [-0.2, 0) is 20.7 Å². The van der Waals surface area contributed by atoms with Gasteiger partial charge in [-0.3, -0.25) is 4.79 Å². The van der Waals surface area contributed by atoms with Crippen molar-refractivity contribution < 1.29 is 19.4 Å². The second kappa shape index (κ2) is 6.31. The van der Waals surface area contributed by atoms with Crippen LogP contribution in [0.2, 0.25) is 0 Å². The van der Waals surface area contributed by atoms with Crippen molar-refractivity contribution in [2.45, 2.75) is 32.3 Å². The zero-order valence-corrected chi connectivity index (χ0v) is 10.7. The maximum absolute atomic E-state index is 11.6. The van der Waals surface area contributed by atoms with Crippen LogP contribution in [0.3, 0.4) is 0 Å². The first-order valence-corrected chi connectivity index (χ1v) is 5.95. The van der Waals surface area contributed by atoms with E-state index < -0.39 is 17.4 Å². The molecule has 18 heavy (non-hydrogen) atoms. The summed E-state index contributed by atoms with van der Waals surface area (Å²) in [4.78, 5) is 23.1. The zero-order chi connectivity index (χ0) is 13.6. The van der Waals surface area contributed by atoms with Gasteiger partial charge in [-0.1, -0.05) is 30.3 Å². The Morgan fingerprint density at radius 2 is 1.89 bits per heavy atom. The smallest absolute Gasteiger partial charge is 0.345 e. The molecule has 1 rings (SSSR count). The second-order valence-corrected chi connectivity index (χ2v) is 4.12. The van der Waals surface area contributed by atoms with Gasteiger partial charge in [-0.15, -0.1) is 0 Å². The van der Waals surface area contributed by atoms with Gasteiger partial charge in [0.25, 0.3) is 0 Å². The monoisotopic (exact) mass is 250 g/mol. The molecule has 4 heteroatoms. The minimum atomic E-state index is -2.04. The van der Waals surface area contributed by atoms with Gasteiger partial charge < -0.3 is 9.84 Å². The Hall–Kier alpha value is -1.68. The molecule has 98 valence electrons. The van der Waals surface area contributed by atoms with Gasteiger partial charge in [0.15, 0.2) is 5.78 Å². The first-order valence-electron chi connectivity index (χ1n) is 5.95. The van der Waals surface area contributed by atoms with Crippen molar-refractivity contribution >= 4 is 11.8 Å². The molecule has 0 aliphatic rings. The van der Waals surface area contributed by atoms with E-state index in [1.54, 1.807) is 6.92 Å². The lowest BCUT2D eigenvalue weighted by Crippen LogP contribution is -2.47. The Morgan fingerprint density at radius 1 is 1.28 bits per heavy atom. The normalized spacial score (nSPS) is 13.7. The molecular formula is C14H18O4. The molecule has 0 aliphatic heterocycles. The van der Waals surface area contributed by atoms with Crippen molar-refractivity contribution in [1.82, 2.24) is 0 Å². The molecule has 0 saturated carbocycles. The summed E-state index contributed by atoms with van der Waals surface area (Å²) in [6, 6.07) is 9.38. The predicted molar refractivity (Wildman–Crippen MR) is 67.0 cm³/mol. The minimum Gasteiger partial charge on any atom is -0.464 e. The molecule has 1 aromatic rings. The number of ketones is 1. The Kier molecular flexibility index (Phi) is 5.04. The number of aryl methyl sites for hydroxylation is 1. The van der Waals surface area contributed by atoms with Crippen molar-refractivity contribution in [3.05, 3.63) is 35.9 Å². The molecule has 0 aromatic heterocycles. The highest BCUT2D eigenvalue weighted by atomic mass is 16.5. The Labute approximate surface area is 107 Å². The summed E-state index contributed by atoms with van der Waals surface area (Å²) >= 11 is 0. The number of aliphatic hydroxyl groups is 1. The first-order chi connectivity index (χ1) is 8.50. The standard InChI is InChI=1S/C14H18O4/c1-3-18-13(16)14(17,11(2)15)10-9-12-7-5-4-6-8-12/h4-8,17H,3,9-10H2,1-2H3. The minimum absolute atomic E-state index is 0.0329. The molecule has 0 radical (unpaired) electrons. The average Bonchev–Trinajstić information content (AvgIpc) is 2.37. The van der Waals surface area contributed by atoms with E-state index in [1.165, 1.54) is 6.92 Å². The summed E-state index contributed by atoms with van der Waals surface area (Å²) in [7, 11) is 0. The van der Waals surface area contributed by atoms with Crippen molar-refractivity contribution in [2.24, 2.45) is 0 Å². The first kappa shape index (κ1) is 14.4. The number of ether oxygens (including phenoxy) is 1. The van der Waals surface area contributed by atoms with E-state index in [0.717, 1.165) is 5.56 Å². The van der Waals surface area contributed by atoms with E-state index in [1.807, 2.05) is 30.3 Å². The second-order valence-electron chi connectivity index (χ2n) is 4.12. The zero-order valence-electron chi connectivity index (χ0n) is 10.7. The van der Waals surface area contributed by atoms with Crippen molar-refractivity contribution in [3.63, 3.8) is 0 Å². The van der Waals surface area contributed by atoms with Crippen LogP contribution in [-0.4, -0.2) is 29.1 Å². The van der Waals surface area contributed by atoms with Crippen LogP contribution in [0.5, 0.6) is 0 Å². The number of esters is 1. The van der Waals surface area contributed by atoms with Gasteiger partial charge in [0.2, 0.25) is 5.60 Å². The van der Waals surface area contributed by atoms with Gasteiger partial charge in [-0.2, -0.15) is 0 Å². The molecule has 0 amide bonds. The molecule has 0 aliphatic carbocycles. The van der Waals surface area contributed by atoms with E-state index in [9.17, 15) is 14.7 Å². The number of Topliss-reactive ketones (excluding diaryl/α,β-unsaturated/α-hetero) is 1. The van der Waals surface area contributed by atoms with Crippen LogP contribution < -0.4 is 0 Å². The third kappa shape index (κ3) is 3.40. The van der Waals surface area contributed by atoms with Crippen LogP contribution in [0, 0.1) is 0 Å². The molecule has 1 unspecified atom stereocenters. The lowest BCUT2D eigenvalue weighted by Gasteiger charge is -2.22. The van der Waals surface area contributed by atoms with E-state index in [2.05, 4.69) is 0 Å². The van der Waals surface area contributed by atoms with Crippen molar-refractivity contribution in [1.29, 1.82) is 0 Å². The van der Waals surface area contributed by atoms with E-state index in [4.69, 9.17) is 4.74 Å². The van der Waals surface area contributed by atoms with Crippen LogP contribution in [0.4, 0.5) is 0 Å². The average molecular weight is 250 g/mol. The van der Waals surface area contributed by atoms with Gasteiger partial charge in [0.05, 0.1) is 6.61 Å². The fourth-order valence-corrected chi connectivity index (χ4v) is 1.64. The van der Waals surface area contributed by atoms with Crippen LogP contribution in [0.1, 0.15) is 25.8 Å². The maximum atomic E-state index is 11.6. The highest BCUT2D eigenvalue weighted by molar-refractivity contribution is 6.05. The molecule has 1 N–H and O–H groups in total. The van der Waals surface area contributed by atoms with Gasteiger partial charge in [0.1, 0.15) is 0 Å². The Morgan fingerprint density at radius 3 is 2.39 bits per heavy atom. The number of hydrogen-bond acceptors (Lipinski definition) is 4. The summed E-state index contributed by atoms with van der Waals surface area (Å²) < 4.78 is 4.75. The summed E-state index contributed by atoms with van der Waals surface area (Å²) in [5, 5.41) is 10.1. The number of rotatable bonds is 6.